The SMILES string of the molecule is CCc1cnc(OC2CCCN(S(=O)(=O)c3cccc(F)c3)C2)nc1. The molecule has 1 atom stereocenters. The van der Waals surface area contributed by atoms with Gasteiger partial charge >= 0.3 is 6.01 Å². The minimum Gasteiger partial charge on any atom is -0.459 e. The lowest BCUT2D eigenvalue weighted by Crippen LogP contribution is -2.44. The van der Waals surface area contributed by atoms with Crippen LogP contribution in [0.15, 0.2) is 41.6 Å². The van der Waals surface area contributed by atoms with Crippen LogP contribution >= 0.6 is 0 Å². The number of hydrogen-bond donors (Lipinski definition) is 0. The van der Waals surface area contributed by atoms with Crippen molar-refractivity contribution in [1.82, 2.24) is 14.3 Å². The first-order valence-electron chi connectivity index (χ1n) is 8.22. The average molecular weight is 365 g/mol. The average Bonchev–Trinajstić information content (AvgIpc) is 2.62. The number of aromatic nitrogens is 2. The first-order chi connectivity index (χ1) is 12.0. The third-order valence-corrected chi connectivity index (χ3v) is 6.00. The van der Waals surface area contributed by atoms with Gasteiger partial charge in [0.2, 0.25) is 10.0 Å². The highest BCUT2D eigenvalue weighted by molar-refractivity contribution is 7.89. The first kappa shape index (κ1) is 17.8. The van der Waals surface area contributed by atoms with Gasteiger partial charge < -0.3 is 4.74 Å². The Bertz CT molecular complexity index is 827. The summed E-state index contributed by atoms with van der Waals surface area (Å²) in [4.78, 5) is 8.25. The molecule has 134 valence electrons. The van der Waals surface area contributed by atoms with Crippen LogP contribution in [0.3, 0.4) is 0 Å². The van der Waals surface area contributed by atoms with Gasteiger partial charge in [0.25, 0.3) is 0 Å². The maximum atomic E-state index is 13.4. The van der Waals surface area contributed by atoms with E-state index in [1.165, 1.54) is 22.5 Å². The third kappa shape index (κ3) is 4.13. The molecule has 1 aromatic heterocycles. The van der Waals surface area contributed by atoms with E-state index in [0.717, 1.165) is 18.1 Å². The normalized spacial score (nSPS) is 18.9. The molecule has 6 nitrogen and oxygen atoms in total. The Morgan fingerprint density at radius 2 is 2.08 bits per heavy atom. The third-order valence-electron chi connectivity index (χ3n) is 4.14. The lowest BCUT2D eigenvalue weighted by Gasteiger charge is -2.31. The van der Waals surface area contributed by atoms with Crippen LogP contribution in [0.1, 0.15) is 25.3 Å². The topological polar surface area (TPSA) is 72.4 Å². The summed E-state index contributed by atoms with van der Waals surface area (Å²) in [6.45, 7) is 2.58. The van der Waals surface area contributed by atoms with Crippen molar-refractivity contribution in [3.05, 3.63) is 48.0 Å². The van der Waals surface area contributed by atoms with E-state index in [9.17, 15) is 12.8 Å². The molecule has 0 aliphatic carbocycles. The molecule has 0 N–H and O–H groups in total. The number of aryl methyl sites for hydroxylation is 1. The quantitative estimate of drug-likeness (QED) is 0.814. The number of sulfonamides is 1. The molecule has 1 aliphatic rings. The van der Waals surface area contributed by atoms with Gasteiger partial charge in [-0.15, -0.1) is 0 Å². The molecule has 1 aliphatic heterocycles. The van der Waals surface area contributed by atoms with Crippen LogP contribution in [0.5, 0.6) is 6.01 Å². The number of halogens is 1. The van der Waals surface area contributed by atoms with E-state index in [4.69, 9.17) is 4.74 Å². The second-order valence-electron chi connectivity index (χ2n) is 5.93. The number of nitrogens with zero attached hydrogens (tertiary/aromatic N) is 3. The Morgan fingerprint density at radius 1 is 1.32 bits per heavy atom. The van der Waals surface area contributed by atoms with Crippen molar-refractivity contribution in [2.24, 2.45) is 0 Å². The van der Waals surface area contributed by atoms with Gasteiger partial charge in [0, 0.05) is 18.9 Å². The Kier molecular flexibility index (Phi) is 5.29. The summed E-state index contributed by atoms with van der Waals surface area (Å²) in [5.41, 5.74) is 1.01. The van der Waals surface area contributed by atoms with Crippen molar-refractivity contribution >= 4 is 10.0 Å². The molecule has 8 heteroatoms. The monoisotopic (exact) mass is 365 g/mol. The van der Waals surface area contributed by atoms with Crippen molar-refractivity contribution in [3.63, 3.8) is 0 Å². The summed E-state index contributed by atoms with van der Waals surface area (Å²) in [5, 5.41) is 0. The van der Waals surface area contributed by atoms with Crippen molar-refractivity contribution in [2.45, 2.75) is 37.2 Å². The van der Waals surface area contributed by atoms with Gasteiger partial charge in [-0.05, 0) is 43.0 Å². The fourth-order valence-corrected chi connectivity index (χ4v) is 4.27. The predicted molar refractivity (Wildman–Crippen MR) is 90.2 cm³/mol. The van der Waals surface area contributed by atoms with E-state index in [1.54, 1.807) is 12.4 Å². The summed E-state index contributed by atoms with van der Waals surface area (Å²) >= 11 is 0. The molecular weight excluding hydrogens is 345 g/mol. The fourth-order valence-electron chi connectivity index (χ4n) is 2.73. The number of hydrogen-bond acceptors (Lipinski definition) is 5. The lowest BCUT2D eigenvalue weighted by molar-refractivity contribution is 0.119. The van der Waals surface area contributed by atoms with Crippen LogP contribution in [0.4, 0.5) is 4.39 Å². The molecule has 3 rings (SSSR count). The molecule has 0 spiro atoms. The zero-order valence-electron chi connectivity index (χ0n) is 13.9. The molecule has 0 radical (unpaired) electrons. The highest BCUT2D eigenvalue weighted by Crippen LogP contribution is 2.23. The Labute approximate surface area is 146 Å². The maximum Gasteiger partial charge on any atom is 0.316 e. The summed E-state index contributed by atoms with van der Waals surface area (Å²) in [5.74, 6) is -0.574. The zero-order chi connectivity index (χ0) is 17.9. The predicted octanol–water partition coefficient (Wildman–Crippen LogP) is 2.41. The van der Waals surface area contributed by atoms with E-state index >= 15 is 0 Å². The van der Waals surface area contributed by atoms with Crippen LogP contribution in [0.25, 0.3) is 0 Å². The van der Waals surface area contributed by atoms with Crippen molar-refractivity contribution in [1.29, 1.82) is 0 Å². The van der Waals surface area contributed by atoms with Crippen LogP contribution in [0, 0.1) is 5.82 Å². The number of piperidine rings is 1. The van der Waals surface area contributed by atoms with Gasteiger partial charge in [-0.25, -0.2) is 22.8 Å². The molecule has 1 saturated heterocycles. The fraction of sp³-hybridized carbons (Fsp3) is 0.412. The van der Waals surface area contributed by atoms with Crippen LogP contribution in [-0.2, 0) is 16.4 Å². The standard InChI is InChI=1S/C17H20FN3O3S/c1-2-13-10-19-17(20-11-13)24-15-6-4-8-21(12-15)25(22,23)16-7-3-5-14(18)9-16/h3,5,7,9-11,15H,2,4,6,8,12H2,1H3. The van der Waals surface area contributed by atoms with Gasteiger partial charge in [0.1, 0.15) is 11.9 Å². The van der Waals surface area contributed by atoms with Gasteiger partial charge in [0.15, 0.2) is 0 Å². The van der Waals surface area contributed by atoms with E-state index < -0.39 is 15.8 Å². The molecule has 0 saturated carbocycles. The minimum absolute atomic E-state index is 0.0447. The Balaban J connectivity index is 1.71. The molecule has 1 aromatic carbocycles. The molecular formula is C17H20FN3O3S. The van der Waals surface area contributed by atoms with Crippen molar-refractivity contribution < 1.29 is 17.5 Å². The molecule has 1 unspecified atom stereocenters. The van der Waals surface area contributed by atoms with E-state index in [1.807, 2.05) is 6.92 Å². The van der Waals surface area contributed by atoms with Gasteiger partial charge in [0.05, 0.1) is 11.4 Å². The summed E-state index contributed by atoms with van der Waals surface area (Å²) in [7, 11) is -3.75. The van der Waals surface area contributed by atoms with Crippen LogP contribution in [-0.4, -0.2) is 41.9 Å². The summed E-state index contributed by atoms with van der Waals surface area (Å²) in [6.07, 6.45) is 5.28. The number of ether oxygens (including phenoxy) is 1. The molecule has 1 fully saturated rings. The highest BCUT2D eigenvalue weighted by Gasteiger charge is 2.31. The van der Waals surface area contributed by atoms with Gasteiger partial charge in [-0.3, -0.25) is 0 Å². The Hall–Kier alpha value is -2.06. The zero-order valence-corrected chi connectivity index (χ0v) is 14.7. The second-order valence-corrected chi connectivity index (χ2v) is 7.87. The van der Waals surface area contributed by atoms with Gasteiger partial charge in [-0.2, -0.15) is 4.31 Å². The highest BCUT2D eigenvalue weighted by atomic mass is 32.2. The van der Waals surface area contributed by atoms with Crippen LogP contribution in [0.2, 0.25) is 0 Å². The van der Waals surface area contributed by atoms with E-state index in [-0.39, 0.29) is 23.6 Å². The molecule has 0 amide bonds. The van der Waals surface area contributed by atoms with E-state index in [0.29, 0.717) is 19.4 Å². The molecule has 25 heavy (non-hydrogen) atoms. The Morgan fingerprint density at radius 3 is 2.76 bits per heavy atom. The first-order valence-corrected chi connectivity index (χ1v) is 9.66. The van der Waals surface area contributed by atoms with Gasteiger partial charge in [-0.1, -0.05) is 13.0 Å². The molecule has 2 heterocycles. The minimum atomic E-state index is -3.75. The van der Waals surface area contributed by atoms with Crippen molar-refractivity contribution in [3.8, 4) is 6.01 Å². The summed E-state index contributed by atoms with van der Waals surface area (Å²) in [6, 6.07) is 5.29. The van der Waals surface area contributed by atoms with E-state index in [2.05, 4.69) is 9.97 Å². The largest absolute Gasteiger partial charge is 0.459 e. The number of benzene rings is 1. The van der Waals surface area contributed by atoms with Crippen LogP contribution < -0.4 is 4.74 Å². The molecule has 0 bridgehead atoms. The summed E-state index contributed by atoms with van der Waals surface area (Å²) < 4.78 is 45.8. The maximum absolute atomic E-state index is 13.4. The lowest BCUT2D eigenvalue weighted by atomic mass is 10.1. The van der Waals surface area contributed by atoms with Crippen molar-refractivity contribution in [2.75, 3.05) is 13.1 Å². The molecule has 2 aromatic rings. The smallest absolute Gasteiger partial charge is 0.316 e. The number of rotatable bonds is 5. The second kappa shape index (κ2) is 7.45.